The predicted molar refractivity (Wildman–Crippen MR) is 151 cm³/mol. The Bertz CT molecular complexity index is 1410. The van der Waals surface area contributed by atoms with Gasteiger partial charge in [-0.25, -0.2) is 0 Å². The standard InChI is InChI=1S/C34H33F6N/c1-3-32(41,4-2)31-8-6-5-7-30(31)26-14-12-24(13-15-26)29(25-16-20-28(21-17-25)34(38,39)40)22-11-23-9-18-27(19-10-23)33(35,36)37/h5-10,12-21,29H,3-4,11,22,41H2,1-2H3. The minimum absolute atomic E-state index is 0.260. The Morgan fingerprint density at radius 2 is 1.07 bits per heavy atom. The van der Waals surface area contributed by atoms with E-state index in [4.69, 9.17) is 5.73 Å². The summed E-state index contributed by atoms with van der Waals surface area (Å²) in [6.45, 7) is 4.13. The molecule has 0 saturated heterocycles. The van der Waals surface area contributed by atoms with Crippen molar-refractivity contribution in [3.63, 3.8) is 0 Å². The normalized spacial score (nSPS) is 13.3. The first-order valence-corrected chi connectivity index (χ1v) is 13.7. The highest BCUT2D eigenvalue weighted by Gasteiger charge is 2.31. The largest absolute Gasteiger partial charge is 0.416 e. The Morgan fingerprint density at radius 1 is 0.610 bits per heavy atom. The second-order valence-electron chi connectivity index (χ2n) is 10.4. The van der Waals surface area contributed by atoms with E-state index < -0.39 is 29.0 Å². The highest BCUT2D eigenvalue weighted by molar-refractivity contribution is 5.69. The van der Waals surface area contributed by atoms with Crippen LogP contribution in [0, 0.1) is 0 Å². The molecule has 0 aliphatic heterocycles. The van der Waals surface area contributed by atoms with E-state index in [1.54, 1.807) is 0 Å². The van der Waals surface area contributed by atoms with Gasteiger partial charge in [0.1, 0.15) is 0 Å². The Labute approximate surface area is 237 Å². The van der Waals surface area contributed by atoms with Crippen LogP contribution in [0.4, 0.5) is 26.3 Å². The summed E-state index contributed by atoms with van der Waals surface area (Å²) < 4.78 is 78.6. The molecule has 0 saturated carbocycles. The second-order valence-corrected chi connectivity index (χ2v) is 10.4. The molecule has 1 nitrogen and oxygen atoms in total. The fourth-order valence-corrected chi connectivity index (χ4v) is 5.30. The number of alkyl halides is 6. The van der Waals surface area contributed by atoms with Gasteiger partial charge in [-0.05, 0) is 83.3 Å². The maximum absolute atomic E-state index is 13.2. The van der Waals surface area contributed by atoms with E-state index in [2.05, 4.69) is 13.8 Å². The minimum atomic E-state index is -4.45. The van der Waals surface area contributed by atoms with Gasteiger partial charge in [0, 0.05) is 11.5 Å². The lowest BCUT2D eigenvalue weighted by molar-refractivity contribution is -0.138. The number of hydrogen-bond acceptors (Lipinski definition) is 1. The monoisotopic (exact) mass is 569 g/mol. The van der Waals surface area contributed by atoms with E-state index in [0.717, 1.165) is 64.9 Å². The molecule has 4 aromatic rings. The van der Waals surface area contributed by atoms with E-state index in [-0.39, 0.29) is 5.92 Å². The molecule has 0 fully saturated rings. The minimum Gasteiger partial charge on any atom is -0.321 e. The quantitative estimate of drug-likeness (QED) is 0.199. The third kappa shape index (κ3) is 7.02. The first kappa shape index (κ1) is 30.4. The third-order valence-corrected chi connectivity index (χ3v) is 7.99. The summed E-state index contributed by atoms with van der Waals surface area (Å²) in [5.74, 6) is -0.260. The highest BCUT2D eigenvalue weighted by atomic mass is 19.4. The lowest BCUT2D eigenvalue weighted by atomic mass is 9.80. The lowest BCUT2D eigenvalue weighted by Crippen LogP contribution is -2.35. The molecule has 0 spiro atoms. The number of halogens is 6. The zero-order valence-corrected chi connectivity index (χ0v) is 23.0. The SMILES string of the molecule is CCC(N)(CC)c1ccccc1-c1ccc(C(CCc2ccc(C(F)(F)F)cc2)c2ccc(C(F)(F)F)cc2)cc1. The number of rotatable bonds is 9. The molecule has 1 unspecified atom stereocenters. The van der Waals surface area contributed by atoms with E-state index in [0.29, 0.717) is 18.4 Å². The Hall–Kier alpha value is -3.58. The average Bonchev–Trinajstić information content (AvgIpc) is 2.97. The second kappa shape index (κ2) is 12.1. The van der Waals surface area contributed by atoms with Gasteiger partial charge in [0.2, 0.25) is 0 Å². The molecular formula is C34H33F6N. The van der Waals surface area contributed by atoms with Crippen molar-refractivity contribution in [2.75, 3.05) is 0 Å². The summed E-state index contributed by atoms with van der Waals surface area (Å²) in [6, 6.07) is 26.1. The van der Waals surface area contributed by atoms with Gasteiger partial charge >= 0.3 is 12.4 Å². The Morgan fingerprint density at radius 3 is 1.56 bits per heavy atom. The van der Waals surface area contributed by atoms with Crippen molar-refractivity contribution >= 4 is 0 Å². The predicted octanol–water partition coefficient (Wildman–Crippen LogP) is 10.1. The van der Waals surface area contributed by atoms with Gasteiger partial charge in [-0.15, -0.1) is 0 Å². The van der Waals surface area contributed by atoms with Crippen molar-refractivity contribution in [3.8, 4) is 11.1 Å². The van der Waals surface area contributed by atoms with Crippen LogP contribution < -0.4 is 5.73 Å². The first-order valence-electron chi connectivity index (χ1n) is 13.7. The highest BCUT2D eigenvalue weighted by Crippen LogP contribution is 2.38. The summed E-state index contributed by atoms with van der Waals surface area (Å²) in [7, 11) is 0. The maximum atomic E-state index is 13.2. The smallest absolute Gasteiger partial charge is 0.321 e. The Kier molecular flexibility index (Phi) is 8.97. The van der Waals surface area contributed by atoms with E-state index in [1.165, 1.54) is 24.3 Å². The van der Waals surface area contributed by atoms with Crippen LogP contribution in [0.25, 0.3) is 11.1 Å². The number of benzene rings is 4. The van der Waals surface area contributed by atoms with E-state index >= 15 is 0 Å². The molecule has 0 aliphatic carbocycles. The fraction of sp³-hybridized carbons (Fsp3) is 0.294. The van der Waals surface area contributed by atoms with E-state index in [9.17, 15) is 26.3 Å². The van der Waals surface area contributed by atoms with Crippen LogP contribution in [0.15, 0.2) is 97.1 Å². The maximum Gasteiger partial charge on any atom is 0.416 e. The summed E-state index contributed by atoms with van der Waals surface area (Å²) >= 11 is 0. The fourth-order valence-electron chi connectivity index (χ4n) is 5.30. The summed E-state index contributed by atoms with van der Waals surface area (Å²) in [4.78, 5) is 0. The van der Waals surface area contributed by atoms with Gasteiger partial charge in [-0.3, -0.25) is 0 Å². The molecule has 0 aromatic heterocycles. The molecule has 1 atom stereocenters. The topological polar surface area (TPSA) is 26.0 Å². The summed E-state index contributed by atoms with van der Waals surface area (Å²) in [6.07, 6.45) is -6.35. The van der Waals surface area contributed by atoms with Gasteiger partial charge in [0.05, 0.1) is 11.1 Å². The van der Waals surface area contributed by atoms with Crippen molar-refractivity contribution in [2.24, 2.45) is 5.73 Å². The molecule has 4 rings (SSSR count). The van der Waals surface area contributed by atoms with Gasteiger partial charge in [-0.1, -0.05) is 86.6 Å². The summed E-state index contributed by atoms with van der Waals surface area (Å²) in [5, 5.41) is 0. The van der Waals surface area contributed by atoms with Gasteiger partial charge in [-0.2, -0.15) is 26.3 Å². The van der Waals surface area contributed by atoms with Gasteiger partial charge in [0.25, 0.3) is 0 Å². The van der Waals surface area contributed by atoms with Crippen molar-refractivity contribution in [3.05, 3.63) is 130 Å². The molecule has 0 bridgehead atoms. The molecule has 0 radical (unpaired) electrons. The zero-order chi connectivity index (χ0) is 29.8. The molecule has 2 N–H and O–H groups in total. The Balaban J connectivity index is 1.66. The molecule has 216 valence electrons. The van der Waals surface area contributed by atoms with Gasteiger partial charge < -0.3 is 5.73 Å². The number of nitrogens with two attached hydrogens (primary N) is 1. The van der Waals surface area contributed by atoms with Crippen molar-refractivity contribution in [1.29, 1.82) is 0 Å². The van der Waals surface area contributed by atoms with Crippen LogP contribution in [0.5, 0.6) is 0 Å². The molecule has 0 aliphatic rings. The number of hydrogen-bond donors (Lipinski definition) is 1. The average molecular weight is 570 g/mol. The zero-order valence-electron chi connectivity index (χ0n) is 23.0. The van der Waals surface area contributed by atoms with Crippen LogP contribution in [-0.4, -0.2) is 0 Å². The molecule has 7 heteroatoms. The van der Waals surface area contributed by atoms with Gasteiger partial charge in [0.15, 0.2) is 0 Å². The van der Waals surface area contributed by atoms with Crippen molar-refractivity contribution < 1.29 is 26.3 Å². The third-order valence-electron chi connectivity index (χ3n) is 7.99. The van der Waals surface area contributed by atoms with Crippen LogP contribution in [-0.2, 0) is 24.3 Å². The summed E-state index contributed by atoms with van der Waals surface area (Å²) in [5.41, 5.74) is 10.2. The molecular weight excluding hydrogens is 536 g/mol. The van der Waals surface area contributed by atoms with Crippen LogP contribution >= 0.6 is 0 Å². The molecule has 41 heavy (non-hydrogen) atoms. The molecule has 4 aromatic carbocycles. The lowest BCUT2D eigenvalue weighted by Gasteiger charge is -2.30. The van der Waals surface area contributed by atoms with Crippen LogP contribution in [0.3, 0.4) is 0 Å². The van der Waals surface area contributed by atoms with Crippen LogP contribution in [0.1, 0.15) is 72.4 Å². The molecule has 0 amide bonds. The number of aryl methyl sites for hydroxylation is 1. The van der Waals surface area contributed by atoms with Crippen molar-refractivity contribution in [2.45, 2.75) is 63.3 Å². The van der Waals surface area contributed by atoms with Crippen LogP contribution in [0.2, 0.25) is 0 Å². The molecule has 0 heterocycles. The first-order chi connectivity index (χ1) is 19.4. The van der Waals surface area contributed by atoms with E-state index in [1.807, 2.05) is 48.5 Å². The van der Waals surface area contributed by atoms with Crippen molar-refractivity contribution in [1.82, 2.24) is 0 Å².